The lowest BCUT2D eigenvalue weighted by Crippen LogP contribution is -2.15. The standard InChI is InChI=1S/C19H20N2O4S2/c1-3-13-4-6-14(7-5-13)25-11-10-18(22)21-19-20-16-9-8-15(27(2,23)24)12-17(16)26-19/h4-9,12H,3,10-11H2,1-2H3,(H,20,21,22). The molecule has 2 aromatic carbocycles. The third-order valence-corrected chi connectivity index (χ3v) is 6.01. The quantitative estimate of drug-likeness (QED) is 0.649. The molecule has 0 atom stereocenters. The maximum atomic E-state index is 12.1. The number of ether oxygens (including phenoxy) is 1. The second kappa shape index (κ2) is 8.06. The number of rotatable bonds is 7. The van der Waals surface area contributed by atoms with Gasteiger partial charge in [-0.3, -0.25) is 4.79 Å². The fourth-order valence-corrected chi connectivity index (χ4v) is 4.10. The van der Waals surface area contributed by atoms with Gasteiger partial charge in [-0.25, -0.2) is 13.4 Å². The minimum absolute atomic E-state index is 0.194. The molecule has 0 radical (unpaired) electrons. The number of sulfone groups is 1. The van der Waals surface area contributed by atoms with Crippen LogP contribution in [0.3, 0.4) is 0 Å². The average molecular weight is 405 g/mol. The molecular formula is C19H20N2O4S2. The number of hydrogen-bond acceptors (Lipinski definition) is 6. The molecule has 1 amide bonds. The number of aryl methyl sites for hydroxylation is 1. The van der Waals surface area contributed by atoms with E-state index in [4.69, 9.17) is 4.74 Å². The summed E-state index contributed by atoms with van der Waals surface area (Å²) in [5, 5.41) is 3.17. The van der Waals surface area contributed by atoms with Crippen LogP contribution >= 0.6 is 11.3 Å². The topological polar surface area (TPSA) is 85.4 Å². The van der Waals surface area contributed by atoms with Crippen molar-refractivity contribution in [2.45, 2.75) is 24.7 Å². The van der Waals surface area contributed by atoms with E-state index in [0.717, 1.165) is 18.4 Å². The fraction of sp³-hybridized carbons (Fsp3) is 0.263. The van der Waals surface area contributed by atoms with Crippen molar-refractivity contribution < 1.29 is 17.9 Å². The molecule has 0 fully saturated rings. The normalized spacial score (nSPS) is 11.5. The Hall–Kier alpha value is -2.45. The number of benzene rings is 2. The van der Waals surface area contributed by atoms with Gasteiger partial charge in [0.25, 0.3) is 0 Å². The van der Waals surface area contributed by atoms with Gasteiger partial charge < -0.3 is 10.1 Å². The van der Waals surface area contributed by atoms with Crippen LogP contribution in [0.2, 0.25) is 0 Å². The molecule has 1 heterocycles. The van der Waals surface area contributed by atoms with Gasteiger partial charge in [0.15, 0.2) is 15.0 Å². The van der Waals surface area contributed by atoms with Gasteiger partial charge in [-0.1, -0.05) is 30.4 Å². The third kappa shape index (κ3) is 5.05. The average Bonchev–Trinajstić information content (AvgIpc) is 3.02. The van der Waals surface area contributed by atoms with E-state index in [-0.39, 0.29) is 23.8 Å². The lowest BCUT2D eigenvalue weighted by atomic mass is 10.2. The van der Waals surface area contributed by atoms with E-state index in [2.05, 4.69) is 17.2 Å². The Morgan fingerprint density at radius 3 is 2.59 bits per heavy atom. The Morgan fingerprint density at radius 1 is 1.19 bits per heavy atom. The van der Waals surface area contributed by atoms with Gasteiger partial charge in [0.05, 0.1) is 28.1 Å². The molecule has 1 N–H and O–H groups in total. The number of nitrogens with zero attached hydrogens (tertiary/aromatic N) is 1. The van der Waals surface area contributed by atoms with Crippen molar-refractivity contribution in [2.24, 2.45) is 0 Å². The van der Waals surface area contributed by atoms with Gasteiger partial charge in [-0.15, -0.1) is 0 Å². The van der Waals surface area contributed by atoms with Crippen molar-refractivity contribution in [1.29, 1.82) is 0 Å². The largest absolute Gasteiger partial charge is 0.493 e. The number of aromatic nitrogens is 1. The summed E-state index contributed by atoms with van der Waals surface area (Å²) in [5.41, 5.74) is 1.88. The molecule has 0 bridgehead atoms. The van der Waals surface area contributed by atoms with Crippen molar-refractivity contribution in [1.82, 2.24) is 4.98 Å². The monoisotopic (exact) mass is 404 g/mol. The highest BCUT2D eigenvalue weighted by molar-refractivity contribution is 7.90. The maximum absolute atomic E-state index is 12.1. The number of thiazole rings is 1. The highest BCUT2D eigenvalue weighted by Crippen LogP contribution is 2.28. The van der Waals surface area contributed by atoms with Crippen LogP contribution in [0, 0.1) is 0 Å². The van der Waals surface area contributed by atoms with Crippen LogP contribution in [0.25, 0.3) is 10.2 Å². The Bertz CT molecular complexity index is 1060. The van der Waals surface area contributed by atoms with Crippen molar-refractivity contribution >= 4 is 42.4 Å². The molecule has 0 aliphatic carbocycles. The van der Waals surface area contributed by atoms with Crippen molar-refractivity contribution in [3.63, 3.8) is 0 Å². The number of fused-ring (bicyclic) bond motifs is 1. The summed E-state index contributed by atoms with van der Waals surface area (Å²) in [6, 6.07) is 12.5. The summed E-state index contributed by atoms with van der Waals surface area (Å²) >= 11 is 1.24. The van der Waals surface area contributed by atoms with E-state index in [1.165, 1.54) is 23.0 Å². The third-order valence-electron chi connectivity index (χ3n) is 3.96. The second-order valence-corrected chi connectivity index (χ2v) is 9.11. The first-order valence-electron chi connectivity index (χ1n) is 8.47. The predicted octanol–water partition coefficient (Wildman–Crippen LogP) is 3.67. The summed E-state index contributed by atoms with van der Waals surface area (Å²) in [7, 11) is -3.28. The highest BCUT2D eigenvalue weighted by Gasteiger charge is 2.12. The van der Waals surface area contributed by atoms with Crippen LogP contribution < -0.4 is 10.1 Å². The SMILES string of the molecule is CCc1ccc(OCCC(=O)Nc2nc3ccc(S(C)(=O)=O)cc3s2)cc1. The molecule has 0 saturated carbocycles. The Kier molecular flexibility index (Phi) is 5.76. The zero-order valence-corrected chi connectivity index (χ0v) is 16.7. The number of anilines is 1. The molecule has 1 aromatic heterocycles. The molecule has 0 aliphatic rings. The molecule has 0 unspecified atom stereocenters. The molecular weight excluding hydrogens is 384 g/mol. The molecule has 0 saturated heterocycles. The van der Waals surface area contributed by atoms with E-state index < -0.39 is 9.84 Å². The summed E-state index contributed by atoms with van der Waals surface area (Å²) in [6.45, 7) is 2.35. The molecule has 3 rings (SSSR count). The summed E-state index contributed by atoms with van der Waals surface area (Å²) in [6.07, 6.45) is 2.32. The van der Waals surface area contributed by atoms with Gasteiger partial charge >= 0.3 is 0 Å². The first-order valence-corrected chi connectivity index (χ1v) is 11.2. The first kappa shape index (κ1) is 19.3. The number of amides is 1. The summed E-state index contributed by atoms with van der Waals surface area (Å²) in [4.78, 5) is 16.6. The molecule has 8 heteroatoms. The van der Waals surface area contributed by atoms with E-state index in [0.29, 0.717) is 15.3 Å². The van der Waals surface area contributed by atoms with Crippen molar-refractivity contribution in [3.8, 4) is 5.75 Å². The molecule has 0 aliphatic heterocycles. The van der Waals surface area contributed by atoms with Gasteiger partial charge in [0, 0.05) is 6.26 Å². The molecule has 0 spiro atoms. The highest BCUT2D eigenvalue weighted by atomic mass is 32.2. The van der Waals surface area contributed by atoms with E-state index in [9.17, 15) is 13.2 Å². The zero-order valence-electron chi connectivity index (χ0n) is 15.1. The Labute approximate surface area is 162 Å². The van der Waals surface area contributed by atoms with E-state index in [1.54, 1.807) is 12.1 Å². The van der Waals surface area contributed by atoms with Crippen LogP contribution in [0.5, 0.6) is 5.75 Å². The number of carbonyl (C=O) groups excluding carboxylic acids is 1. The molecule has 27 heavy (non-hydrogen) atoms. The maximum Gasteiger partial charge on any atom is 0.229 e. The van der Waals surface area contributed by atoms with Gasteiger partial charge in [0.2, 0.25) is 5.91 Å². The van der Waals surface area contributed by atoms with E-state index in [1.807, 2.05) is 24.3 Å². The first-order chi connectivity index (χ1) is 12.8. The van der Waals surface area contributed by atoms with Crippen molar-refractivity contribution in [2.75, 3.05) is 18.2 Å². The van der Waals surface area contributed by atoms with Crippen LogP contribution in [0.15, 0.2) is 47.4 Å². The Balaban J connectivity index is 1.57. The van der Waals surface area contributed by atoms with Crippen LogP contribution in [-0.2, 0) is 21.1 Å². The lowest BCUT2D eigenvalue weighted by molar-refractivity contribution is -0.116. The minimum Gasteiger partial charge on any atom is -0.493 e. The van der Waals surface area contributed by atoms with E-state index >= 15 is 0 Å². The van der Waals surface area contributed by atoms with Crippen LogP contribution in [0.4, 0.5) is 5.13 Å². The molecule has 6 nitrogen and oxygen atoms in total. The smallest absolute Gasteiger partial charge is 0.229 e. The van der Waals surface area contributed by atoms with Gasteiger partial charge in [-0.2, -0.15) is 0 Å². The molecule has 142 valence electrons. The summed E-state index contributed by atoms with van der Waals surface area (Å²) in [5.74, 6) is 0.524. The zero-order chi connectivity index (χ0) is 19.4. The number of nitrogens with one attached hydrogen (secondary N) is 1. The van der Waals surface area contributed by atoms with Gasteiger partial charge in [-0.05, 0) is 42.3 Å². The second-order valence-electron chi connectivity index (χ2n) is 6.06. The molecule has 3 aromatic rings. The van der Waals surface area contributed by atoms with Crippen LogP contribution in [-0.4, -0.2) is 32.2 Å². The number of hydrogen-bond donors (Lipinski definition) is 1. The summed E-state index contributed by atoms with van der Waals surface area (Å²) < 4.78 is 29.6. The Morgan fingerprint density at radius 2 is 1.93 bits per heavy atom. The fourth-order valence-electron chi connectivity index (χ4n) is 2.45. The lowest BCUT2D eigenvalue weighted by Gasteiger charge is -2.06. The predicted molar refractivity (Wildman–Crippen MR) is 107 cm³/mol. The number of carbonyl (C=O) groups is 1. The van der Waals surface area contributed by atoms with Crippen LogP contribution in [0.1, 0.15) is 18.9 Å². The van der Waals surface area contributed by atoms with Crippen molar-refractivity contribution in [3.05, 3.63) is 48.0 Å². The van der Waals surface area contributed by atoms with Gasteiger partial charge in [0.1, 0.15) is 5.75 Å². The minimum atomic E-state index is -3.28.